The molecule has 1 aliphatic carbocycles. The fourth-order valence-corrected chi connectivity index (χ4v) is 1.25. The van der Waals surface area contributed by atoms with E-state index >= 15 is 0 Å². The van der Waals surface area contributed by atoms with Gasteiger partial charge in [-0.1, -0.05) is 6.92 Å². The molecule has 1 aliphatic rings. The first kappa shape index (κ1) is 6.79. The Morgan fingerprint density at radius 1 is 1.73 bits per heavy atom. The minimum atomic E-state index is 0.452. The highest BCUT2D eigenvalue weighted by atomic mass is 15.2. The Kier molecular flexibility index (Phi) is 1.42. The van der Waals surface area contributed by atoms with E-state index in [0.29, 0.717) is 12.5 Å². The molecule has 4 nitrogen and oxygen atoms in total. The summed E-state index contributed by atoms with van der Waals surface area (Å²) in [5, 5.41) is 6.89. The molecule has 0 aliphatic heterocycles. The van der Waals surface area contributed by atoms with E-state index in [4.69, 9.17) is 5.73 Å². The first-order valence-corrected chi connectivity index (χ1v) is 3.92. The third-order valence-corrected chi connectivity index (χ3v) is 2.18. The zero-order valence-electron chi connectivity index (χ0n) is 6.54. The van der Waals surface area contributed by atoms with E-state index in [1.54, 1.807) is 0 Å². The second kappa shape index (κ2) is 2.30. The molecule has 0 spiro atoms. The van der Waals surface area contributed by atoms with Crippen molar-refractivity contribution in [2.24, 2.45) is 11.7 Å². The fourth-order valence-electron chi connectivity index (χ4n) is 1.25. The molecular formula is C7H12N4. The molecule has 1 saturated carbocycles. The van der Waals surface area contributed by atoms with Gasteiger partial charge >= 0.3 is 0 Å². The van der Waals surface area contributed by atoms with Crippen LogP contribution in [0.2, 0.25) is 0 Å². The number of hydrogen-bond donors (Lipinski definition) is 2. The Balaban J connectivity index is 2.13. The minimum Gasteiger partial charge on any atom is -0.324 e. The lowest BCUT2D eigenvalue weighted by atomic mass is 10.3. The quantitative estimate of drug-likeness (QED) is 0.644. The summed E-state index contributed by atoms with van der Waals surface area (Å²) in [4.78, 5) is 4.25. The summed E-state index contributed by atoms with van der Waals surface area (Å²) in [6, 6.07) is 0. The van der Waals surface area contributed by atoms with Gasteiger partial charge in [0.2, 0.25) is 0 Å². The van der Waals surface area contributed by atoms with Gasteiger partial charge in [-0.2, -0.15) is 5.10 Å². The van der Waals surface area contributed by atoms with Gasteiger partial charge in [-0.15, -0.1) is 0 Å². The number of hydrogen-bond acceptors (Lipinski definition) is 3. The molecule has 3 N–H and O–H groups in total. The predicted octanol–water partition coefficient (Wildman–Crippen LogP) is 0.387. The van der Waals surface area contributed by atoms with Gasteiger partial charge in [-0.05, 0) is 12.3 Å². The van der Waals surface area contributed by atoms with E-state index in [9.17, 15) is 0 Å². The molecule has 0 amide bonds. The number of nitrogens with one attached hydrogen (secondary N) is 1. The van der Waals surface area contributed by atoms with Crippen LogP contribution < -0.4 is 5.73 Å². The van der Waals surface area contributed by atoms with Gasteiger partial charge in [0.1, 0.15) is 5.82 Å². The van der Waals surface area contributed by atoms with Crippen LogP contribution in [0.4, 0.5) is 0 Å². The van der Waals surface area contributed by atoms with Crippen molar-refractivity contribution in [3.8, 4) is 0 Å². The molecular weight excluding hydrogens is 140 g/mol. The van der Waals surface area contributed by atoms with Gasteiger partial charge in [0.15, 0.2) is 5.82 Å². The number of nitrogens with two attached hydrogens (primary N) is 1. The Bertz CT molecular complexity index is 255. The third-order valence-electron chi connectivity index (χ3n) is 2.18. The van der Waals surface area contributed by atoms with Crippen molar-refractivity contribution in [3.63, 3.8) is 0 Å². The molecule has 1 aromatic heterocycles. The van der Waals surface area contributed by atoms with Gasteiger partial charge in [0, 0.05) is 5.92 Å². The van der Waals surface area contributed by atoms with E-state index in [0.717, 1.165) is 17.6 Å². The predicted molar refractivity (Wildman–Crippen MR) is 40.8 cm³/mol. The number of aromatic amines is 1. The Morgan fingerprint density at radius 2 is 2.45 bits per heavy atom. The second-order valence-corrected chi connectivity index (χ2v) is 3.16. The summed E-state index contributed by atoms with van der Waals surface area (Å²) in [6.07, 6.45) is 1.22. The van der Waals surface area contributed by atoms with Crippen LogP contribution in [0.5, 0.6) is 0 Å². The lowest BCUT2D eigenvalue weighted by Gasteiger charge is -1.84. The van der Waals surface area contributed by atoms with Crippen LogP contribution in [0.3, 0.4) is 0 Å². The average molecular weight is 152 g/mol. The molecule has 1 fully saturated rings. The van der Waals surface area contributed by atoms with E-state index in [1.807, 2.05) is 0 Å². The molecule has 0 radical (unpaired) electrons. The van der Waals surface area contributed by atoms with E-state index in [2.05, 4.69) is 22.1 Å². The van der Waals surface area contributed by atoms with Crippen molar-refractivity contribution < 1.29 is 0 Å². The second-order valence-electron chi connectivity index (χ2n) is 3.16. The molecule has 60 valence electrons. The number of aromatic nitrogens is 3. The van der Waals surface area contributed by atoms with Crippen LogP contribution in [0.1, 0.15) is 30.9 Å². The van der Waals surface area contributed by atoms with Gasteiger partial charge in [0.25, 0.3) is 0 Å². The van der Waals surface area contributed by atoms with Gasteiger partial charge in [0.05, 0.1) is 6.54 Å². The monoisotopic (exact) mass is 152 g/mol. The smallest absolute Gasteiger partial charge is 0.154 e. The molecule has 11 heavy (non-hydrogen) atoms. The maximum Gasteiger partial charge on any atom is 0.154 e. The summed E-state index contributed by atoms with van der Waals surface area (Å²) in [5.41, 5.74) is 5.38. The first-order valence-electron chi connectivity index (χ1n) is 3.92. The van der Waals surface area contributed by atoms with Crippen molar-refractivity contribution in [1.29, 1.82) is 0 Å². The fraction of sp³-hybridized carbons (Fsp3) is 0.714. The van der Waals surface area contributed by atoms with Gasteiger partial charge in [-0.25, -0.2) is 4.98 Å². The molecule has 0 bridgehead atoms. The van der Waals surface area contributed by atoms with E-state index in [-0.39, 0.29) is 0 Å². The molecule has 0 saturated heterocycles. The third kappa shape index (κ3) is 1.14. The van der Waals surface area contributed by atoms with Crippen molar-refractivity contribution in [2.45, 2.75) is 25.8 Å². The molecule has 2 rings (SSSR count). The SMILES string of the molecule is CC1CC1c1n[nH]c(CN)n1. The van der Waals surface area contributed by atoms with Crippen LogP contribution in [-0.4, -0.2) is 15.2 Å². The zero-order chi connectivity index (χ0) is 7.84. The number of rotatable bonds is 2. The summed E-state index contributed by atoms with van der Waals surface area (Å²) < 4.78 is 0. The molecule has 1 heterocycles. The molecule has 2 unspecified atom stereocenters. The van der Waals surface area contributed by atoms with Crippen molar-refractivity contribution in [1.82, 2.24) is 15.2 Å². The van der Waals surface area contributed by atoms with Crippen molar-refractivity contribution >= 4 is 0 Å². The number of nitrogens with zero attached hydrogens (tertiary/aromatic N) is 2. The maximum absolute atomic E-state index is 5.38. The van der Waals surface area contributed by atoms with Crippen LogP contribution in [0, 0.1) is 5.92 Å². The lowest BCUT2D eigenvalue weighted by Crippen LogP contribution is -1.98. The van der Waals surface area contributed by atoms with Gasteiger partial charge in [-0.3, -0.25) is 5.10 Å². The Morgan fingerprint density at radius 3 is 2.91 bits per heavy atom. The van der Waals surface area contributed by atoms with Crippen LogP contribution in [0.25, 0.3) is 0 Å². The van der Waals surface area contributed by atoms with Crippen molar-refractivity contribution in [3.05, 3.63) is 11.6 Å². The van der Waals surface area contributed by atoms with Crippen LogP contribution in [-0.2, 0) is 6.54 Å². The minimum absolute atomic E-state index is 0.452. The summed E-state index contributed by atoms with van der Waals surface area (Å²) in [5.74, 6) is 3.08. The molecule has 4 heteroatoms. The molecule has 1 aromatic rings. The summed E-state index contributed by atoms with van der Waals surface area (Å²) in [7, 11) is 0. The normalized spacial score (nSPS) is 28.9. The van der Waals surface area contributed by atoms with E-state index < -0.39 is 0 Å². The topological polar surface area (TPSA) is 67.6 Å². The summed E-state index contributed by atoms with van der Waals surface area (Å²) in [6.45, 7) is 2.66. The van der Waals surface area contributed by atoms with Gasteiger partial charge < -0.3 is 5.73 Å². The summed E-state index contributed by atoms with van der Waals surface area (Å²) >= 11 is 0. The van der Waals surface area contributed by atoms with Crippen LogP contribution >= 0.6 is 0 Å². The average Bonchev–Trinajstić information content (AvgIpc) is 2.59. The first-order chi connectivity index (χ1) is 5.31. The molecule has 0 aromatic carbocycles. The Hall–Kier alpha value is -0.900. The van der Waals surface area contributed by atoms with E-state index in [1.165, 1.54) is 6.42 Å². The zero-order valence-corrected chi connectivity index (χ0v) is 6.54. The van der Waals surface area contributed by atoms with Crippen molar-refractivity contribution in [2.75, 3.05) is 0 Å². The standard InChI is InChI=1S/C7H12N4/c1-4-2-5(4)7-9-6(3-8)10-11-7/h4-5H,2-3,8H2,1H3,(H,9,10,11). The maximum atomic E-state index is 5.38. The molecule has 2 atom stereocenters. The Labute approximate surface area is 65.2 Å². The van der Waals surface area contributed by atoms with Crippen LogP contribution in [0.15, 0.2) is 0 Å². The highest BCUT2D eigenvalue weighted by Crippen LogP contribution is 2.45. The highest BCUT2D eigenvalue weighted by molar-refractivity contribution is 5.08. The largest absolute Gasteiger partial charge is 0.324 e. The number of H-pyrrole nitrogens is 1. The lowest BCUT2D eigenvalue weighted by molar-refractivity contribution is 0.848. The highest BCUT2D eigenvalue weighted by Gasteiger charge is 2.37.